The molecule has 8 nitrogen and oxygen atoms in total. The number of hydrogen-bond donors (Lipinski definition) is 1. The molecule has 0 saturated carbocycles. The van der Waals surface area contributed by atoms with Crippen LogP contribution in [-0.4, -0.2) is 73.3 Å². The monoisotopic (exact) mass is 471 g/mol. The number of methoxy groups -OCH3 is 3. The van der Waals surface area contributed by atoms with E-state index in [9.17, 15) is 9.59 Å². The van der Waals surface area contributed by atoms with Crippen molar-refractivity contribution in [1.82, 2.24) is 9.80 Å². The van der Waals surface area contributed by atoms with Gasteiger partial charge in [-0.15, -0.1) is 11.8 Å². The Morgan fingerprint density at radius 3 is 2.36 bits per heavy atom. The molecule has 2 saturated heterocycles. The Balaban J connectivity index is 1.42. The molecule has 0 aromatic heterocycles. The van der Waals surface area contributed by atoms with E-state index in [4.69, 9.17) is 14.2 Å². The molecule has 0 aliphatic carbocycles. The lowest BCUT2D eigenvalue weighted by molar-refractivity contribution is 0.0585. The van der Waals surface area contributed by atoms with Crippen LogP contribution in [-0.2, 0) is 0 Å². The number of carbonyl (C=O) groups excluding carboxylic acids is 2. The van der Waals surface area contributed by atoms with Crippen molar-refractivity contribution >= 4 is 29.4 Å². The predicted octanol–water partition coefficient (Wildman–Crippen LogP) is 3.93. The topological polar surface area (TPSA) is 80.3 Å². The number of nitrogens with one attached hydrogen (secondary N) is 1. The summed E-state index contributed by atoms with van der Waals surface area (Å²) in [5, 5.41) is 2.94. The number of urea groups is 1. The van der Waals surface area contributed by atoms with Crippen LogP contribution in [0.5, 0.6) is 17.2 Å². The molecular weight excluding hydrogens is 442 g/mol. The van der Waals surface area contributed by atoms with Crippen LogP contribution in [0.15, 0.2) is 42.5 Å². The molecule has 2 aliphatic rings. The summed E-state index contributed by atoms with van der Waals surface area (Å²) in [6.45, 7) is 1.84. The largest absolute Gasteiger partial charge is 0.497 e. The number of likely N-dealkylation sites (tertiary alicyclic amines) is 1. The lowest BCUT2D eigenvalue weighted by Crippen LogP contribution is -2.54. The molecule has 1 spiro atoms. The normalized spacial score (nSPS) is 17.1. The molecule has 4 rings (SSSR count). The van der Waals surface area contributed by atoms with Crippen molar-refractivity contribution in [1.29, 1.82) is 0 Å². The highest BCUT2D eigenvalue weighted by atomic mass is 32.2. The average Bonchev–Trinajstić information content (AvgIpc) is 3.26. The van der Waals surface area contributed by atoms with Crippen molar-refractivity contribution in [3.8, 4) is 17.2 Å². The number of anilines is 1. The van der Waals surface area contributed by atoms with Crippen molar-refractivity contribution in [2.24, 2.45) is 0 Å². The van der Waals surface area contributed by atoms with Gasteiger partial charge in [-0.1, -0.05) is 6.07 Å². The minimum Gasteiger partial charge on any atom is -0.497 e. The van der Waals surface area contributed by atoms with Gasteiger partial charge >= 0.3 is 6.03 Å². The molecule has 176 valence electrons. The van der Waals surface area contributed by atoms with E-state index in [-0.39, 0.29) is 16.8 Å². The van der Waals surface area contributed by atoms with Crippen LogP contribution in [0.4, 0.5) is 10.5 Å². The van der Waals surface area contributed by atoms with Crippen LogP contribution in [0.25, 0.3) is 0 Å². The average molecular weight is 472 g/mol. The number of hydrogen-bond acceptors (Lipinski definition) is 6. The summed E-state index contributed by atoms with van der Waals surface area (Å²) in [4.78, 5) is 29.7. The molecule has 0 atom stereocenters. The summed E-state index contributed by atoms with van der Waals surface area (Å²) < 4.78 is 15.9. The first-order valence-corrected chi connectivity index (χ1v) is 11.9. The van der Waals surface area contributed by atoms with E-state index in [1.807, 2.05) is 34.9 Å². The standard InChI is InChI=1S/C24H29N3O5S/c1-30-18-6-4-5-17(15-18)22(28)27-13-14-33-24(27)9-11-26(12-10-24)23(29)25-20-8-7-19(31-2)16-21(20)32-3/h4-8,15-16H,9-14H2,1-3H3,(H,25,29). The Hall–Kier alpha value is -3.07. The number of nitrogens with zero attached hydrogens (tertiary/aromatic N) is 2. The molecule has 2 aromatic rings. The molecule has 33 heavy (non-hydrogen) atoms. The van der Waals surface area contributed by atoms with Crippen molar-refractivity contribution in [3.63, 3.8) is 0 Å². The zero-order valence-corrected chi connectivity index (χ0v) is 19.9. The number of rotatable bonds is 5. The van der Waals surface area contributed by atoms with Gasteiger partial charge in [0.15, 0.2) is 0 Å². The molecule has 2 heterocycles. The zero-order chi connectivity index (χ0) is 23.4. The highest BCUT2D eigenvalue weighted by molar-refractivity contribution is 8.00. The summed E-state index contributed by atoms with van der Waals surface area (Å²) in [5.74, 6) is 2.77. The van der Waals surface area contributed by atoms with Gasteiger partial charge in [-0.2, -0.15) is 0 Å². The van der Waals surface area contributed by atoms with Crippen LogP contribution in [0, 0.1) is 0 Å². The highest BCUT2D eigenvalue weighted by Crippen LogP contribution is 2.44. The number of amides is 3. The quantitative estimate of drug-likeness (QED) is 0.712. The van der Waals surface area contributed by atoms with Crippen LogP contribution in [0.1, 0.15) is 23.2 Å². The summed E-state index contributed by atoms with van der Waals surface area (Å²) in [6, 6.07) is 12.4. The van der Waals surface area contributed by atoms with Gasteiger partial charge in [0.25, 0.3) is 5.91 Å². The molecule has 0 unspecified atom stereocenters. The maximum absolute atomic E-state index is 13.3. The number of ether oxygens (including phenoxy) is 3. The van der Waals surface area contributed by atoms with Crippen LogP contribution >= 0.6 is 11.8 Å². The summed E-state index contributed by atoms with van der Waals surface area (Å²) in [6.07, 6.45) is 1.45. The van der Waals surface area contributed by atoms with Crippen LogP contribution < -0.4 is 19.5 Å². The molecule has 1 N–H and O–H groups in total. The molecule has 0 bridgehead atoms. The lowest BCUT2D eigenvalue weighted by atomic mass is 10.0. The Morgan fingerprint density at radius 2 is 1.67 bits per heavy atom. The van der Waals surface area contributed by atoms with Gasteiger partial charge in [0, 0.05) is 37.0 Å². The lowest BCUT2D eigenvalue weighted by Gasteiger charge is -2.44. The summed E-state index contributed by atoms with van der Waals surface area (Å²) in [5.41, 5.74) is 1.22. The highest BCUT2D eigenvalue weighted by Gasteiger charge is 2.47. The SMILES string of the molecule is COc1cccc(C(=O)N2CCSC23CCN(C(=O)Nc2ccc(OC)cc2OC)CC3)c1. The smallest absolute Gasteiger partial charge is 0.321 e. The fourth-order valence-corrected chi connectivity index (χ4v) is 5.83. The Kier molecular flexibility index (Phi) is 6.88. The van der Waals surface area contributed by atoms with E-state index in [2.05, 4.69) is 5.32 Å². The molecule has 0 radical (unpaired) electrons. The van der Waals surface area contributed by atoms with Crippen LogP contribution in [0.3, 0.4) is 0 Å². The van der Waals surface area contributed by atoms with Crippen molar-refractivity contribution in [2.45, 2.75) is 17.7 Å². The van der Waals surface area contributed by atoms with Gasteiger partial charge in [-0.05, 0) is 43.2 Å². The Labute approximate surface area is 198 Å². The molecule has 2 aliphatic heterocycles. The molecule has 2 aromatic carbocycles. The third-order valence-electron chi connectivity index (χ3n) is 6.22. The molecule has 9 heteroatoms. The molecule has 3 amide bonds. The van der Waals surface area contributed by atoms with E-state index in [0.29, 0.717) is 48.1 Å². The van der Waals surface area contributed by atoms with E-state index in [1.54, 1.807) is 50.5 Å². The van der Waals surface area contributed by atoms with E-state index in [1.165, 1.54) is 0 Å². The first kappa shape index (κ1) is 23.1. The minimum absolute atomic E-state index is 0.0137. The van der Waals surface area contributed by atoms with Gasteiger partial charge in [0.05, 0.1) is 31.9 Å². The number of piperidine rings is 1. The van der Waals surface area contributed by atoms with E-state index in [0.717, 1.165) is 18.6 Å². The minimum atomic E-state index is -0.283. The van der Waals surface area contributed by atoms with Gasteiger partial charge in [-0.25, -0.2) is 4.79 Å². The fourth-order valence-electron chi connectivity index (χ4n) is 4.38. The Morgan fingerprint density at radius 1 is 0.939 bits per heavy atom. The third-order valence-corrected chi connectivity index (χ3v) is 7.77. The second kappa shape index (κ2) is 9.82. The second-order valence-electron chi connectivity index (χ2n) is 7.97. The maximum Gasteiger partial charge on any atom is 0.321 e. The number of thioether (sulfide) groups is 1. The summed E-state index contributed by atoms with van der Waals surface area (Å²) in [7, 11) is 4.74. The van der Waals surface area contributed by atoms with Gasteiger partial charge < -0.3 is 29.3 Å². The zero-order valence-electron chi connectivity index (χ0n) is 19.1. The van der Waals surface area contributed by atoms with Crippen molar-refractivity contribution < 1.29 is 23.8 Å². The Bertz CT molecular complexity index is 1020. The summed E-state index contributed by atoms with van der Waals surface area (Å²) >= 11 is 1.82. The van der Waals surface area contributed by atoms with Crippen LogP contribution in [0.2, 0.25) is 0 Å². The van der Waals surface area contributed by atoms with Crippen molar-refractivity contribution in [2.75, 3.05) is 52.0 Å². The van der Waals surface area contributed by atoms with E-state index >= 15 is 0 Å². The number of carbonyl (C=O) groups is 2. The number of benzene rings is 2. The second-order valence-corrected chi connectivity index (χ2v) is 9.42. The first-order valence-electron chi connectivity index (χ1n) is 10.9. The first-order chi connectivity index (χ1) is 16.0. The van der Waals surface area contributed by atoms with Crippen molar-refractivity contribution in [3.05, 3.63) is 48.0 Å². The third kappa shape index (κ3) is 4.68. The molecular formula is C24H29N3O5S. The van der Waals surface area contributed by atoms with Gasteiger partial charge in [0.1, 0.15) is 17.2 Å². The van der Waals surface area contributed by atoms with E-state index < -0.39 is 0 Å². The van der Waals surface area contributed by atoms with Gasteiger partial charge in [-0.3, -0.25) is 4.79 Å². The van der Waals surface area contributed by atoms with Gasteiger partial charge in [0.2, 0.25) is 0 Å². The fraction of sp³-hybridized carbons (Fsp3) is 0.417. The predicted molar refractivity (Wildman–Crippen MR) is 129 cm³/mol. The maximum atomic E-state index is 13.3. The molecule has 2 fully saturated rings.